The Kier molecular flexibility index (Phi) is 4.97. The Hall–Kier alpha value is -2.50. The average Bonchev–Trinajstić information content (AvgIpc) is 3.18. The molecule has 2 heterocycles. The zero-order chi connectivity index (χ0) is 18.0. The van der Waals surface area contributed by atoms with Crippen LogP contribution in [0, 0.1) is 5.92 Å². The number of amides is 2. The van der Waals surface area contributed by atoms with Crippen LogP contribution in [0.5, 0.6) is 11.5 Å². The Bertz CT molecular complexity index is 714. The Morgan fingerprint density at radius 1 is 1.44 bits per heavy atom. The highest BCUT2D eigenvalue weighted by Gasteiger charge is 2.28. The number of rotatable bonds is 5. The van der Waals surface area contributed by atoms with E-state index < -0.39 is 0 Å². The molecule has 6 nitrogen and oxygen atoms in total. The van der Waals surface area contributed by atoms with E-state index >= 15 is 0 Å². The number of nitrogens with zero attached hydrogens (tertiary/aromatic N) is 1. The van der Waals surface area contributed by atoms with Crippen molar-refractivity contribution in [2.24, 2.45) is 11.7 Å². The summed E-state index contributed by atoms with van der Waals surface area (Å²) >= 11 is 0. The highest BCUT2D eigenvalue weighted by molar-refractivity contribution is 5.93. The maximum atomic E-state index is 12.4. The van der Waals surface area contributed by atoms with E-state index in [1.165, 1.54) is 6.08 Å². The molecule has 1 saturated heterocycles. The summed E-state index contributed by atoms with van der Waals surface area (Å²) in [6.07, 6.45) is 4.91. The molecule has 0 saturated carbocycles. The molecule has 25 heavy (non-hydrogen) atoms. The third kappa shape index (κ3) is 3.78. The molecular weight excluding hydrogens is 320 g/mol. The summed E-state index contributed by atoms with van der Waals surface area (Å²) in [5, 5.41) is 0. The molecule has 2 atom stereocenters. The normalized spacial score (nSPS) is 22.1. The van der Waals surface area contributed by atoms with Crippen LogP contribution in [0.4, 0.5) is 0 Å². The lowest BCUT2D eigenvalue weighted by molar-refractivity contribution is -0.125. The third-order valence-electron chi connectivity index (χ3n) is 4.64. The van der Waals surface area contributed by atoms with Gasteiger partial charge in [-0.05, 0) is 38.5 Å². The van der Waals surface area contributed by atoms with E-state index in [9.17, 15) is 9.59 Å². The van der Waals surface area contributed by atoms with Crippen LogP contribution in [0.1, 0.15) is 31.4 Å². The molecule has 2 aliphatic rings. The van der Waals surface area contributed by atoms with Crippen molar-refractivity contribution in [2.75, 3.05) is 19.7 Å². The summed E-state index contributed by atoms with van der Waals surface area (Å²) in [4.78, 5) is 25.2. The van der Waals surface area contributed by atoms with E-state index in [0.717, 1.165) is 29.0 Å². The minimum atomic E-state index is -0.345. The van der Waals surface area contributed by atoms with Crippen molar-refractivity contribution < 1.29 is 19.1 Å². The number of carbonyl (C=O) groups is 2. The first-order valence-corrected chi connectivity index (χ1v) is 8.70. The maximum Gasteiger partial charge on any atom is 0.246 e. The number of hydrogen-bond acceptors (Lipinski definition) is 4. The molecule has 1 aromatic carbocycles. The van der Waals surface area contributed by atoms with Gasteiger partial charge in [0.05, 0.1) is 12.5 Å². The standard InChI is InChI=1S/C19H24N2O4/c1-3-24-16-10-15-8-12(2)25-17(15)9-13(16)4-5-18(22)21-7-6-14(11-21)19(20)23/h4-5,9-10,12,14H,3,6-8,11H2,1-2H3,(H2,20,23)/b5-4+/t12-,14-/m0/s1. The Morgan fingerprint density at radius 2 is 2.24 bits per heavy atom. The van der Waals surface area contributed by atoms with Crippen LogP contribution < -0.4 is 15.2 Å². The van der Waals surface area contributed by atoms with Crippen molar-refractivity contribution in [3.8, 4) is 11.5 Å². The number of fused-ring (bicyclic) bond motifs is 1. The van der Waals surface area contributed by atoms with Gasteiger partial charge >= 0.3 is 0 Å². The highest BCUT2D eigenvalue weighted by Crippen LogP contribution is 2.35. The smallest absolute Gasteiger partial charge is 0.246 e. The van der Waals surface area contributed by atoms with Gasteiger partial charge in [0.15, 0.2) is 0 Å². The van der Waals surface area contributed by atoms with Crippen LogP contribution in [-0.2, 0) is 16.0 Å². The van der Waals surface area contributed by atoms with E-state index in [1.807, 2.05) is 26.0 Å². The molecule has 1 aromatic rings. The predicted molar refractivity (Wildman–Crippen MR) is 94.3 cm³/mol. The van der Waals surface area contributed by atoms with Crippen molar-refractivity contribution in [3.63, 3.8) is 0 Å². The average molecular weight is 344 g/mol. The second-order valence-corrected chi connectivity index (χ2v) is 6.57. The number of ether oxygens (including phenoxy) is 2. The molecule has 0 aliphatic carbocycles. The van der Waals surface area contributed by atoms with Gasteiger partial charge in [-0.15, -0.1) is 0 Å². The molecule has 0 bridgehead atoms. The topological polar surface area (TPSA) is 81.9 Å². The fraction of sp³-hybridized carbons (Fsp3) is 0.474. The molecule has 134 valence electrons. The van der Waals surface area contributed by atoms with Gasteiger partial charge in [0.2, 0.25) is 11.8 Å². The van der Waals surface area contributed by atoms with E-state index in [2.05, 4.69) is 0 Å². The number of nitrogens with two attached hydrogens (primary N) is 1. The van der Waals surface area contributed by atoms with Crippen molar-refractivity contribution >= 4 is 17.9 Å². The molecule has 2 amide bonds. The Balaban J connectivity index is 1.75. The predicted octanol–water partition coefficient (Wildman–Crippen LogP) is 1.76. The number of carbonyl (C=O) groups excluding carboxylic acids is 2. The largest absolute Gasteiger partial charge is 0.493 e. The van der Waals surface area contributed by atoms with Crippen LogP contribution in [0.2, 0.25) is 0 Å². The van der Waals surface area contributed by atoms with Gasteiger partial charge in [-0.2, -0.15) is 0 Å². The van der Waals surface area contributed by atoms with E-state index in [1.54, 1.807) is 11.0 Å². The van der Waals surface area contributed by atoms with Crippen LogP contribution in [-0.4, -0.2) is 42.5 Å². The summed E-state index contributed by atoms with van der Waals surface area (Å²) in [6.45, 7) is 5.46. The molecule has 0 aromatic heterocycles. The lowest BCUT2D eigenvalue weighted by atomic mass is 10.1. The van der Waals surface area contributed by atoms with Crippen molar-refractivity contribution in [1.82, 2.24) is 4.90 Å². The van der Waals surface area contributed by atoms with Crippen molar-refractivity contribution in [1.29, 1.82) is 0 Å². The summed E-state index contributed by atoms with van der Waals surface area (Å²) in [5.74, 6) is 0.882. The van der Waals surface area contributed by atoms with Gasteiger partial charge in [0.25, 0.3) is 0 Å². The first-order chi connectivity index (χ1) is 12.0. The van der Waals surface area contributed by atoms with Gasteiger partial charge in [-0.1, -0.05) is 0 Å². The zero-order valence-electron chi connectivity index (χ0n) is 14.7. The molecule has 3 rings (SSSR count). The molecule has 6 heteroatoms. The second kappa shape index (κ2) is 7.17. The SMILES string of the molecule is CCOc1cc2c(cc1/C=C/C(=O)N1CC[C@H](C(N)=O)C1)O[C@@H](C)C2. The minimum Gasteiger partial charge on any atom is -0.493 e. The fourth-order valence-electron chi connectivity index (χ4n) is 3.33. The van der Waals surface area contributed by atoms with Gasteiger partial charge in [0, 0.05) is 36.7 Å². The maximum absolute atomic E-state index is 12.4. The number of likely N-dealkylation sites (tertiary alicyclic amines) is 1. The lowest BCUT2D eigenvalue weighted by Gasteiger charge is -2.14. The van der Waals surface area contributed by atoms with Crippen LogP contribution >= 0.6 is 0 Å². The Labute approximate surface area is 147 Å². The minimum absolute atomic E-state index is 0.124. The highest BCUT2D eigenvalue weighted by atomic mass is 16.5. The molecule has 2 aliphatic heterocycles. The molecule has 2 N–H and O–H groups in total. The first kappa shape index (κ1) is 17.3. The van der Waals surface area contributed by atoms with E-state index in [-0.39, 0.29) is 23.8 Å². The van der Waals surface area contributed by atoms with Crippen molar-refractivity contribution in [3.05, 3.63) is 29.3 Å². The zero-order valence-corrected chi connectivity index (χ0v) is 14.7. The van der Waals surface area contributed by atoms with Crippen molar-refractivity contribution in [2.45, 2.75) is 32.8 Å². The van der Waals surface area contributed by atoms with Crippen LogP contribution in [0.15, 0.2) is 18.2 Å². The van der Waals surface area contributed by atoms with E-state index in [0.29, 0.717) is 26.1 Å². The third-order valence-corrected chi connectivity index (χ3v) is 4.64. The monoisotopic (exact) mass is 344 g/mol. The molecule has 0 unspecified atom stereocenters. The van der Waals surface area contributed by atoms with E-state index in [4.69, 9.17) is 15.2 Å². The van der Waals surface area contributed by atoms with Gasteiger partial charge in [-0.25, -0.2) is 0 Å². The summed E-state index contributed by atoms with van der Waals surface area (Å²) < 4.78 is 11.5. The summed E-state index contributed by atoms with van der Waals surface area (Å²) in [7, 11) is 0. The molecule has 0 radical (unpaired) electrons. The summed E-state index contributed by atoms with van der Waals surface area (Å²) in [6, 6.07) is 3.91. The fourth-order valence-corrected chi connectivity index (χ4v) is 3.33. The molecular formula is C19H24N2O4. The van der Waals surface area contributed by atoms with Crippen LogP contribution in [0.3, 0.4) is 0 Å². The van der Waals surface area contributed by atoms with Crippen LogP contribution in [0.25, 0.3) is 6.08 Å². The second-order valence-electron chi connectivity index (χ2n) is 6.57. The van der Waals surface area contributed by atoms with Gasteiger partial charge in [-0.3, -0.25) is 9.59 Å². The number of hydrogen-bond donors (Lipinski definition) is 1. The Morgan fingerprint density at radius 3 is 2.92 bits per heavy atom. The van der Waals surface area contributed by atoms with Gasteiger partial charge < -0.3 is 20.1 Å². The molecule has 0 spiro atoms. The first-order valence-electron chi connectivity index (χ1n) is 8.70. The number of benzene rings is 1. The van der Waals surface area contributed by atoms with Gasteiger partial charge in [0.1, 0.15) is 17.6 Å². The lowest BCUT2D eigenvalue weighted by Crippen LogP contribution is -2.30. The number of primary amides is 1. The summed E-state index contributed by atoms with van der Waals surface area (Å²) in [5.41, 5.74) is 7.26. The molecule has 1 fully saturated rings. The quantitative estimate of drug-likeness (QED) is 0.825.